The van der Waals surface area contributed by atoms with Gasteiger partial charge < -0.3 is 13.7 Å². The number of aryl methyl sites for hydroxylation is 2. The van der Waals surface area contributed by atoms with E-state index in [1.807, 2.05) is 6.08 Å². The van der Waals surface area contributed by atoms with Crippen molar-refractivity contribution in [2.75, 3.05) is 26.8 Å². The van der Waals surface area contributed by atoms with Crippen LogP contribution < -0.4 is 0 Å². The molecule has 1 aromatic heterocycles. The molecule has 0 N–H and O–H groups in total. The second-order valence-corrected chi connectivity index (χ2v) is 17.0. The molecule has 1 aliphatic carbocycles. The molecule has 0 fully saturated rings. The van der Waals surface area contributed by atoms with Gasteiger partial charge in [-0.05, 0) is 78.7 Å². The molecule has 6 heteroatoms. The first kappa shape index (κ1) is 29.3. The molecular weight excluding hydrogens is 500 g/mol. The molecule has 0 amide bonds. The summed E-state index contributed by atoms with van der Waals surface area (Å²) in [6.07, 6.45) is 8.85. The minimum absolute atomic E-state index is 0.202. The highest BCUT2D eigenvalue weighted by Crippen LogP contribution is 2.38. The minimum Gasteiger partial charge on any atom is -0.466 e. The molecule has 0 saturated carbocycles. The monoisotopic (exact) mass is 546 g/mol. The van der Waals surface area contributed by atoms with Gasteiger partial charge in [-0.15, -0.1) is 0 Å². The van der Waals surface area contributed by atoms with E-state index in [1.54, 1.807) is 0 Å². The van der Waals surface area contributed by atoms with Crippen molar-refractivity contribution in [3.63, 3.8) is 0 Å². The van der Waals surface area contributed by atoms with Crippen LogP contribution in [0, 0.1) is 0 Å². The number of para-hydroxylation sites is 1. The second-order valence-electron chi connectivity index (χ2n) is 12.2. The number of carbonyl (C=O) groups is 1. The van der Waals surface area contributed by atoms with E-state index in [-0.39, 0.29) is 11.0 Å². The number of rotatable bonds is 11. The van der Waals surface area contributed by atoms with Crippen LogP contribution >= 0.6 is 0 Å². The third kappa shape index (κ3) is 6.74. The SMILES string of the molecule is CCn1cc(CCN(CCO[Si](C)(C)C(C)(C)C)C2CCc3cc(C=CC(=O)OC)ccc32)c2ccccc21. The number of nitrogens with zero attached hydrogens (tertiary/aromatic N) is 2. The summed E-state index contributed by atoms with van der Waals surface area (Å²) in [4.78, 5) is 14.2. The van der Waals surface area contributed by atoms with Crippen molar-refractivity contribution >= 4 is 31.3 Å². The maximum atomic E-state index is 11.6. The summed E-state index contributed by atoms with van der Waals surface area (Å²) in [6.45, 7) is 17.5. The highest BCUT2D eigenvalue weighted by molar-refractivity contribution is 6.74. The average Bonchev–Trinajstić information content (AvgIpc) is 3.49. The summed E-state index contributed by atoms with van der Waals surface area (Å²) < 4.78 is 13.8. The fourth-order valence-electron chi connectivity index (χ4n) is 5.44. The lowest BCUT2D eigenvalue weighted by Gasteiger charge is -2.37. The Bertz CT molecular complexity index is 1320. The Kier molecular flexibility index (Phi) is 9.20. The van der Waals surface area contributed by atoms with Crippen LogP contribution in [0.3, 0.4) is 0 Å². The van der Waals surface area contributed by atoms with Crippen LogP contribution in [0.15, 0.2) is 54.7 Å². The van der Waals surface area contributed by atoms with Gasteiger partial charge in [0.1, 0.15) is 0 Å². The highest BCUT2D eigenvalue weighted by Gasteiger charge is 2.37. The highest BCUT2D eigenvalue weighted by atomic mass is 28.4. The predicted molar refractivity (Wildman–Crippen MR) is 165 cm³/mol. The van der Waals surface area contributed by atoms with Crippen LogP contribution in [-0.4, -0.2) is 50.6 Å². The average molecular weight is 547 g/mol. The van der Waals surface area contributed by atoms with Gasteiger partial charge in [-0.25, -0.2) is 4.79 Å². The first-order valence-electron chi connectivity index (χ1n) is 14.4. The van der Waals surface area contributed by atoms with E-state index in [9.17, 15) is 4.79 Å². The third-order valence-corrected chi connectivity index (χ3v) is 13.3. The van der Waals surface area contributed by atoms with Crippen LogP contribution in [0.1, 0.15) is 62.4 Å². The standard InChI is InChI=1S/C33H46N2O3Si/c1-8-34-24-27(28-11-9-10-12-30(28)34)19-20-35(21-22-38-39(6,7)33(2,3)4)31-17-15-26-23-25(13-16-29(26)31)14-18-32(36)37-5/h9-14,16,18,23-24,31H,8,15,17,19-22H2,1-7H3. The van der Waals surface area contributed by atoms with Crippen molar-refractivity contribution in [2.45, 2.75) is 77.7 Å². The summed E-state index contributed by atoms with van der Waals surface area (Å²) in [5.41, 5.74) is 6.57. The maximum Gasteiger partial charge on any atom is 0.330 e. The fourth-order valence-corrected chi connectivity index (χ4v) is 6.47. The molecule has 2 aromatic carbocycles. The lowest BCUT2D eigenvalue weighted by Crippen LogP contribution is -2.43. The largest absolute Gasteiger partial charge is 0.466 e. The van der Waals surface area contributed by atoms with Crippen LogP contribution in [0.25, 0.3) is 17.0 Å². The Balaban J connectivity index is 1.55. The number of benzene rings is 2. The Hall–Kier alpha value is -2.67. The number of ether oxygens (including phenoxy) is 1. The molecule has 1 unspecified atom stereocenters. The lowest BCUT2D eigenvalue weighted by atomic mass is 10.0. The number of aromatic nitrogens is 1. The molecule has 0 bridgehead atoms. The Morgan fingerprint density at radius 2 is 1.92 bits per heavy atom. The summed E-state index contributed by atoms with van der Waals surface area (Å²) in [5, 5.41) is 1.57. The molecule has 3 aromatic rings. The predicted octanol–water partition coefficient (Wildman–Crippen LogP) is 7.40. The fraction of sp³-hybridized carbons (Fsp3) is 0.485. The maximum absolute atomic E-state index is 11.6. The van der Waals surface area contributed by atoms with Gasteiger partial charge in [0.15, 0.2) is 8.32 Å². The molecule has 0 aliphatic heterocycles. The molecule has 0 spiro atoms. The van der Waals surface area contributed by atoms with Gasteiger partial charge in [-0.2, -0.15) is 0 Å². The zero-order chi connectivity index (χ0) is 28.2. The molecule has 5 nitrogen and oxygen atoms in total. The van der Waals surface area contributed by atoms with Gasteiger partial charge in [0.05, 0.1) is 7.11 Å². The molecule has 4 rings (SSSR count). The van der Waals surface area contributed by atoms with Crippen molar-refractivity contribution in [3.05, 3.63) is 77.0 Å². The van der Waals surface area contributed by atoms with Gasteiger partial charge in [-0.1, -0.05) is 57.2 Å². The van der Waals surface area contributed by atoms with E-state index in [2.05, 4.69) is 98.9 Å². The van der Waals surface area contributed by atoms with E-state index in [0.29, 0.717) is 6.04 Å². The lowest BCUT2D eigenvalue weighted by molar-refractivity contribution is -0.134. The number of hydrogen-bond acceptors (Lipinski definition) is 4. The number of carbonyl (C=O) groups excluding carboxylic acids is 1. The number of hydrogen-bond donors (Lipinski definition) is 0. The Morgan fingerprint density at radius 3 is 2.64 bits per heavy atom. The minimum atomic E-state index is -1.81. The Morgan fingerprint density at radius 1 is 1.15 bits per heavy atom. The van der Waals surface area contributed by atoms with Crippen LogP contribution in [0.5, 0.6) is 0 Å². The molecule has 1 aliphatic rings. The van der Waals surface area contributed by atoms with E-state index in [0.717, 1.165) is 51.1 Å². The van der Waals surface area contributed by atoms with Gasteiger partial charge >= 0.3 is 5.97 Å². The van der Waals surface area contributed by atoms with Gasteiger partial charge in [0.25, 0.3) is 0 Å². The van der Waals surface area contributed by atoms with E-state index in [1.165, 1.54) is 40.8 Å². The summed E-state index contributed by atoms with van der Waals surface area (Å²) in [6, 6.07) is 15.8. The topological polar surface area (TPSA) is 43.7 Å². The van der Waals surface area contributed by atoms with Crippen molar-refractivity contribution in [3.8, 4) is 0 Å². The smallest absolute Gasteiger partial charge is 0.330 e. The zero-order valence-corrected chi connectivity index (χ0v) is 25.9. The molecule has 1 atom stereocenters. The van der Waals surface area contributed by atoms with Crippen molar-refractivity contribution in [1.82, 2.24) is 9.47 Å². The molecule has 210 valence electrons. The quantitative estimate of drug-likeness (QED) is 0.143. The van der Waals surface area contributed by atoms with Crippen molar-refractivity contribution in [2.24, 2.45) is 0 Å². The van der Waals surface area contributed by atoms with E-state index < -0.39 is 8.32 Å². The van der Waals surface area contributed by atoms with Gasteiger partial charge in [0, 0.05) is 55.5 Å². The van der Waals surface area contributed by atoms with E-state index in [4.69, 9.17) is 9.16 Å². The number of methoxy groups -OCH3 is 1. The molecule has 39 heavy (non-hydrogen) atoms. The second kappa shape index (κ2) is 12.2. The van der Waals surface area contributed by atoms with Crippen LogP contribution in [-0.2, 0) is 33.3 Å². The zero-order valence-electron chi connectivity index (χ0n) is 24.9. The van der Waals surface area contributed by atoms with Gasteiger partial charge in [0.2, 0.25) is 0 Å². The third-order valence-electron chi connectivity index (χ3n) is 8.79. The van der Waals surface area contributed by atoms with Crippen molar-refractivity contribution < 1.29 is 14.0 Å². The molecule has 1 heterocycles. The van der Waals surface area contributed by atoms with E-state index >= 15 is 0 Å². The molecule has 0 saturated heterocycles. The molecule has 0 radical (unpaired) electrons. The van der Waals surface area contributed by atoms with Crippen molar-refractivity contribution in [1.29, 1.82) is 0 Å². The first-order valence-corrected chi connectivity index (χ1v) is 17.3. The number of esters is 1. The normalized spacial score (nSPS) is 15.9. The summed E-state index contributed by atoms with van der Waals surface area (Å²) in [7, 11) is -0.406. The number of fused-ring (bicyclic) bond motifs is 2. The molecular formula is C33H46N2O3Si. The van der Waals surface area contributed by atoms with Crippen LogP contribution in [0.4, 0.5) is 0 Å². The first-order chi connectivity index (χ1) is 18.5. The summed E-state index contributed by atoms with van der Waals surface area (Å²) in [5.74, 6) is -0.328. The Labute approximate surface area is 235 Å². The van der Waals surface area contributed by atoms with Crippen LogP contribution in [0.2, 0.25) is 18.1 Å². The van der Waals surface area contributed by atoms with Gasteiger partial charge in [-0.3, -0.25) is 4.90 Å². The summed E-state index contributed by atoms with van der Waals surface area (Å²) >= 11 is 0.